The first-order chi connectivity index (χ1) is 20.7. The quantitative estimate of drug-likeness (QED) is 0.173. The van der Waals surface area contributed by atoms with E-state index in [1.54, 1.807) is 6.07 Å². The molecule has 1 N–H and O–H groups in total. The molecule has 0 bridgehead atoms. The maximum Gasteiger partial charge on any atom is 0.440 e. The number of rotatable bonds is 11. The first kappa shape index (κ1) is 29.4. The number of nitrogens with one attached hydrogen (secondary N) is 1. The maximum atomic E-state index is 13.1. The zero-order valence-electron chi connectivity index (χ0n) is 23.2. The molecule has 0 saturated carbocycles. The van der Waals surface area contributed by atoms with Gasteiger partial charge in [0.15, 0.2) is 5.76 Å². The van der Waals surface area contributed by atoms with Crippen molar-refractivity contribution in [2.45, 2.75) is 45.5 Å². The number of alkyl halides is 3. The van der Waals surface area contributed by atoms with E-state index in [-0.39, 0.29) is 19.0 Å². The van der Waals surface area contributed by atoms with Crippen molar-refractivity contribution < 1.29 is 26.8 Å². The number of allylic oxidation sites excluding steroid dienone is 2. The average Bonchev–Trinajstić information content (AvgIpc) is 3.58. The van der Waals surface area contributed by atoms with Gasteiger partial charge in [0.05, 0.1) is 12.1 Å². The van der Waals surface area contributed by atoms with E-state index in [0.29, 0.717) is 22.8 Å². The topological polar surface area (TPSA) is 103 Å². The van der Waals surface area contributed by atoms with Crippen LogP contribution in [0.2, 0.25) is 0 Å². The number of aromatic nitrogens is 3. The molecule has 2 aromatic heterocycles. The Bertz CT molecular complexity index is 1810. The lowest BCUT2D eigenvalue weighted by molar-refractivity contribution is -0.137. The summed E-state index contributed by atoms with van der Waals surface area (Å²) in [5, 5.41) is 0. The lowest BCUT2D eigenvalue weighted by atomic mass is 9.99. The van der Waals surface area contributed by atoms with Crippen molar-refractivity contribution in [1.82, 2.24) is 14.7 Å². The minimum atomic E-state index is -4.45. The minimum absolute atomic E-state index is 0.0374. The first-order valence-electron chi connectivity index (χ1n) is 13.7. The molecule has 0 atom stereocenters. The molecule has 3 aromatic carbocycles. The Morgan fingerprint density at radius 2 is 1.77 bits per heavy atom. The summed E-state index contributed by atoms with van der Waals surface area (Å²) in [7, 11) is 0. The summed E-state index contributed by atoms with van der Waals surface area (Å²) < 4.78 is 57.2. The van der Waals surface area contributed by atoms with Crippen LogP contribution in [0.1, 0.15) is 43.0 Å². The standard InChI is InChI=1S/C32H28F3N3O5/c1-2-3-8-21(17-18-38-30(39)37-31(40)43-38)24-11-7-12-26(19-24)41-20-27-28(22-9-5-4-6-10-22)42-29(36-27)23-13-15-25(16-14-23)32(33,34)35/h4-7,9-17,19H,2-3,8,18,20H2,1H3,(H,37,39,40)/b21-17+. The summed E-state index contributed by atoms with van der Waals surface area (Å²) >= 11 is 0. The number of hydrogen-bond donors (Lipinski definition) is 1. The number of aromatic amines is 1. The number of ether oxygens (including phenoxy) is 1. The second kappa shape index (κ2) is 12.8. The number of unbranched alkanes of at least 4 members (excludes halogenated alkanes) is 1. The van der Waals surface area contributed by atoms with Crippen LogP contribution in [-0.4, -0.2) is 14.7 Å². The van der Waals surface area contributed by atoms with Crippen LogP contribution in [0.3, 0.4) is 0 Å². The number of oxazole rings is 1. The Morgan fingerprint density at radius 1 is 1.00 bits per heavy atom. The van der Waals surface area contributed by atoms with Gasteiger partial charge in [-0.05, 0) is 60.4 Å². The monoisotopic (exact) mass is 591 g/mol. The van der Waals surface area contributed by atoms with E-state index in [0.717, 1.165) is 52.8 Å². The van der Waals surface area contributed by atoms with Crippen LogP contribution in [-0.2, 0) is 19.3 Å². The van der Waals surface area contributed by atoms with E-state index in [4.69, 9.17) is 13.7 Å². The first-order valence-corrected chi connectivity index (χ1v) is 13.7. The van der Waals surface area contributed by atoms with Gasteiger partial charge in [-0.25, -0.2) is 19.6 Å². The molecule has 11 heteroatoms. The van der Waals surface area contributed by atoms with Crippen LogP contribution in [0, 0.1) is 0 Å². The van der Waals surface area contributed by atoms with Gasteiger partial charge in [0.1, 0.15) is 18.1 Å². The molecule has 2 heterocycles. The molecule has 222 valence electrons. The Hall–Kier alpha value is -5.06. The van der Waals surface area contributed by atoms with Gasteiger partial charge in [0, 0.05) is 11.1 Å². The second-order valence-electron chi connectivity index (χ2n) is 9.76. The van der Waals surface area contributed by atoms with Crippen LogP contribution in [0.25, 0.3) is 28.4 Å². The van der Waals surface area contributed by atoms with Gasteiger partial charge in [-0.1, -0.05) is 61.9 Å². The SMILES string of the molecule is CCCC/C(=C\Cn1oc(=O)[nH]c1=O)c1cccc(OCc2nc(-c3ccc(C(F)(F)F)cc3)oc2-c2ccccc2)c1. The molecule has 0 radical (unpaired) electrons. The van der Waals surface area contributed by atoms with E-state index in [1.807, 2.05) is 54.6 Å². The van der Waals surface area contributed by atoms with E-state index in [9.17, 15) is 22.8 Å². The van der Waals surface area contributed by atoms with E-state index in [1.165, 1.54) is 12.1 Å². The summed E-state index contributed by atoms with van der Waals surface area (Å²) in [5.74, 6) is 0.376. The van der Waals surface area contributed by atoms with E-state index in [2.05, 4.69) is 16.9 Å². The van der Waals surface area contributed by atoms with Crippen molar-refractivity contribution in [3.8, 4) is 28.5 Å². The predicted octanol–water partition coefficient (Wildman–Crippen LogP) is 7.32. The zero-order chi connectivity index (χ0) is 30.4. The summed E-state index contributed by atoms with van der Waals surface area (Å²) in [4.78, 5) is 29.9. The molecule has 43 heavy (non-hydrogen) atoms. The second-order valence-corrected chi connectivity index (χ2v) is 9.76. The lowest BCUT2D eigenvalue weighted by Gasteiger charge is -2.11. The van der Waals surface area contributed by atoms with Gasteiger partial charge in [-0.2, -0.15) is 13.2 Å². The molecular formula is C32H28F3N3O5. The fraction of sp³-hybridized carbons (Fsp3) is 0.219. The number of H-pyrrole nitrogens is 1. The van der Waals surface area contributed by atoms with Crippen LogP contribution >= 0.6 is 0 Å². The molecule has 0 amide bonds. The van der Waals surface area contributed by atoms with Gasteiger partial charge in [-0.3, -0.25) is 0 Å². The number of benzene rings is 3. The fourth-order valence-electron chi connectivity index (χ4n) is 4.49. The zero-order valence-corrected chi connectivity index (χ0v) is 23.2. The third kappa shape index (κ3) is 7.24. The fourth-order valence-corrected chi connectivity index (χ4v) is 4.49. The highest BCUT2D eigenvalue weighted by atomic mass is 19.4. The minimum Gasteiger partial charge on any atom is -0.487 e. The van der Waals surface area contributed by atoms with E-state index < -0.39 is 23.2 Å². The van der Waals surface area contributed by atoms with Gasteiger partial charge in [0.25, 0.3) is 0 Å². The number of nitrogens with zero attached hydrogens (tertiary/aromatic N) is 2. The molecule has 8 nitrogen and oxygen atoms in total. The predicted molar refractivity (Wildman–Crippen MR) is 154 cm³/mol. The van der Waals surface area contributed by atoms with Crippen molar-refractivity contribution >= 4 is 5.57 Å². The lowest BCUT2D eigenvalue weighted by Crippen LogP contribution is -2.16. The van der Waals surface area contributed by atoms with Crippen molar-refractivity contribution in [1.29, 1.82) is 0 Å². The molecule has 5 rings (SSSR count). The Labute approximate surface area is 244 Å². The van der Waals surface area contributed by atoms with Crippen molar-refractivity contribution in [3.05, 3.63) is 123 Å². The highest BCUT2D eigenvalue weighted by molar-refractivity contribution is 5.67. The van der Waals surface area contributed by atoms with Gasteiger partial charge < -0.3 is 13.7 Å². The molecule has 0 spiro atoms. The molecule has 0 unspecified atom stereocenters. The van der Waals surface area contributed by atoms with Gasteiger partial charge in [-0.15, -0.1) is 4.74 Å². The smallest absolute Gasteiger partial charge is 0.440 e. The van der Waals surface area contributed by atoms with Crippen LogP contribution < -0.4 is 16.2 Å². The van der Waals surface area contributed by atoms with Crippen LogP contribution in [0.4, 0.5) is 13.2 Å². The molecule has 0 aliphatic carbocycles. The molecule has 0 aliphatic heterocycles. The van der Waals surface area contributed by atoms with E-state index >= 15 is 0 Å². The van der Waals surface area contributed by atoms with Crippen molar-refractivity contribution in [2.75, 3.05) is 0 Å². The number of halogens is 3. The van der Waals surface area contributed by atoms with Crippen molar-refractivity contribution in [3.63, 3.8) is 0 Å². The Kier molecular flexibility index (Phi) is 8.79. The largest absolute Gasteiger partial charge is 0.487 e. The van der Waals surface area contributed by atoms with Gasteiger partial charge in [0.2, 0.25) is 5.89 Å². The molecule has 0 fully saturated rings. The summed E-state index contributed by atoms with van der Waals surface area (Å²) in [6.07, 6.45) is 0.00616. The summed E-state index contributed by atoms with van der Waals surface area (Å²) in [6.45, 7) is 2.21. The van der Waals surface area contributed by atoms with Gasteiger partial charge >= 0.3 is 17.6 Å². The van der Waals surface area contributed by atoms with Crippen molar-refractivity contribution in [2.24, 2.45) is 0 Å². The third-order valence-corrected chi connectivity index (χ3v) is 6.70. The van der Waals surface area contributed by atoms with Crippen LogP contribution in [0.5, 0.6) is 5.75 Å². The molecule has 0 saturated heterocycles. The maximum absolute atomic E-state index is 13.1. The molecule has 5 aromatic rings. The van der Waals surface area contributed by atoms with Crippen LogP contribution in [0.15, 0.2) is 103 Å². The summed E-state index contributed by atoms with van der Waals surface area (Å²) in [5.41, 5.74) is 2.09. The third-order valence-electron chi connectivity index (χ3n) is 6.70. The normalized spacial score (nSPS) is 12.0. The highest BCUT2D eigenvalue weighted by Crippen LogP contribution is 2.34. The Balaban J connectivity index is 1.40. The molecular weight excluding hydrogens is 563 g/mol. The average molecular weight is 592 g/mol. The Morgan fingerprint density at radius 3 is 2.44 bits per heavy atom. The highest BCUT2D eigenvalue weighted by Gasteiger charge is 2.30. The number of hydrogen-bond acceptors (Lipinski definition) is 6. The molecule has 0 aliphatic rings. The summed E-state index contributed by atoms with van der Waals surface area (Å²) in [6, 6.07) is 21.4.